The first-order valence-electron chi connectivity index (χ1n) is 7.44. The van der Waals surface area contributed by atoms with Gasteiger partial charge in [-0.05, 0) is 37.3 Å². The van der Waals surface area contributed by atoms with Crippen LogP contribution in [0.3, 0.4) is 0 Å². The molecule has 3 rings (SSSR count). The Balaban J connectivity index is 1.77. The quantitative estimate of drug-likeness (QED) is 0.670. The van der Waals surface area contributed by atoms with Gasteiger partial charge in [0.25, 0.3) is 5.91 Å². The van der Waals surface area contributed by atoms with Crippen molar-refractivity contribution in [2.75, 3.05) is 5.32 Å². The minimum absolute atomic E-state index is 0.152. The van der Waals surface area contributed by atoms with Crippen LogP contribution in [-0.4, -0.2) is 11.1 Å². The largest absolute Gasteiger partial charge is 0.489 e. The van der Waals surface area contributed by atoms with Crippen molar-refractivity contribution in [3.63, 3.8) is 0 Å². The Kier molecular flexibility index (Phi) is 5.26. The van der Waals surface area contributed by atoms with Crippen LogP contribution < -0.4 is 10.1 Å². The van der Waals surface area contributed by atoms with Gasteiger partial charge in [-0.15, -0.1) is 0 Å². The van der Waals surface area contributed by atoms with E-state index in [2.05, 4.69) is 10.5 Å². The van der Waals surface area contributed by atoms with Gasteiger partial charge in [-0.25, -0.2) is 0 Å². The molecule has 0 saturated heterocycles. The summed E-state index contributed by atoms with van der Waals surface area (Å²) in [4.78, 5) is 12.5. The van der Waals surface area contributed by atoms with E-state index < -0.39 is 5.91 Å². The van der Waals surface area contributed by atoms with Crippen molar-refractivity contribution in [2.45, 2.75) is 13.5 Å². The van der Waals surface area contributed by atoms with Gasteiger partial charge >= 0.3 is 0 Å². The smallest absolute Gasteiger partial charge is 0.278 e. The van der Waals surface area contributed by atoms with E-state index in [0.29, 0.717) is 32.8 Å². The minimum Gasteiger partial charge on any atom is -0.489 e. The van der Waals surface area contributed by atoms with E-state index in [1.54, 1.807) is 25.1 Å². The van der Waals surface area contributed by atoms with E-state index in [0.717, 1.165) is 0 Å². The predicted molar refractivity (Wildman–Crippen MR) is 96.4 cm³/mol. The minimum atomic E-state index is -0.437. The average molecular weight is 377 g/mol. The Bertz CT molecular complexity index is 895. The Morgan fingerprint density at radius 3 is 2.68 bits per heavy atom. The van der Waals surface area contributed by atoms with Crippen LogP contribution in [0.2, 0.25) is 10.0 Å². The highest BCUT2D eigenvalue weighted by Crippen LogP contribution is 2.26. The van der Waals surface area contributed by atoms with Crippen LogP contribution in [0.4, 0.5) is 5.69 Å². The second-order valence-corrected chi connectivity index (χ2v) is 6.09. The predicted octanol–water partition coefficient (Wildman–Crippen LogP) is 5.12. The highest BCUT2D eigenvalue weighted by atomic mass is 35.5. The number of halogens is 2. The number of hydrogen-bond acceptors (Lipinski definition) is 4. The maximum atomic E-state index is 12.5. The molecule has 1 N–H and O–H groups in total. The van der Waals surface area contributed by atoms with Crippen LogP contribution in [0.25, 0.3) is 0 Å². The first-order valence-corrected chi connectivity index (χ1v) is 8.19. The van der Waals surface area contributed by atoms with Crippen LogP contribution in [0.1, 0.15) is 21.8 Å². The third-order valence-corrected chi connectivity index (χ3v) is 4.05. The molecule has 3 aromatic rings. The molecule has 5 nitrogen and oxygen atoms in total. The van der Waals surface area contributed by atoms with Gasteiger partial charge in [-0.1, -0.05) is 46.6 Å². The van der Waals surface area contributed by atoms with Crippen LogP contribution >= 0.6 is 23.2 Å². The van der Waals surface area contributed by atoms with Crippen LogP contribution in [0.15, 0.2) is 53.1 Å². The summed E-state index contributed by atoms with van der Waals surface area (Å²) in [7, 11) is 0. The van der Waals surface area contributed by atoms with Gasteiger partial charge < -0.3 is 14.6 Å². The highest BCUT2D eigenvalue weighted by molar-refractivity contribution is 6.36. The van der Waals surface area contributed by atoms with Crippen LogP contribution in [0.5, 0.6) is 5.75 Å². The molecule has 0 fully saturated rings. The maximum Gasteiger partial charge on any atom is 0.278 e. The molecule has 0 radical (unpaired) electrons. The molecule has 1 amide bonds. The van der Waals surface area contributed by atoms with Gasteiger partial charge in [-0.2, -0.15) is 0 Å². The van der Waals surface area contributed by atoms with E-state index in [4.69, 9.17) is 32.5 Å². The van der Waals surface area contributed by atoms with Crippen molar-refractivity contribution in [2.24, 2.45) is 0 Å². The third kappa shape index (κ3) is 4.13. The maximum absolute atomic E-state index is 12.5. The lowest BCUT2D eigenvalue weighted by Gasteiger charge is -2.08. The van der Waals surface area contributed by atoms with Crippen molar-refractivity contribution in [1.82, 2.24) is 5.16 Å². The van der Waals surface area contributed by atoms with Crippen LogP contribution in [-0.2, 0) is 6.61 Å². The third-order valence-electron chi connectivity index (χ3n) is 3.51. The molecule has 0 spiro atoms. The van der Waals surface area contributed by atoms with E-state index in [1.165, 1.54) is 0 Å². The second kappa shape index (κ2) is 7.59. The van der Waals surface area contributed by atoms with E-state index in [9.17, 15) is 4.79 Å². The van der Waals surface area contributed by atoms with Gasteiger partial charge in [-0.3, -0.25) is 4.79 Å². The molecule has 0 aliphatic heterocycles. The number of carbonyl (C=O) groups excluding carboxylic acids is 1. The monoisotopic (exact) mass is 376 g/mol. The zero-order valence-electron chi connectivity index (χ0n) is 13.3. The number of carbonyl (C=O) groups is 1. The lowest BCUT2D eigenvalue weighted by molar-refractivity contribution is 0.101. The number of aryl methyl sites for hydroxylation is 1. The van der Waals surface area contributed by atoms with Crippen LogP contribution in [0, 0.1) is 6.92 Å². The molecular formula is C18H14Cl2N2O3. The standard InChI is InChI=1S/C18H14Cl2N2O3/c1-11-14(10-24-13-5-3-2-4-6-13)17(22-25-11)18(23)21-16-8-7-12(19)9-15(16)20/h2-9H,10H2,1H3,(H,21,23). The SMILES string of the molecule is Cc1onc(C(=O)Nc2ccc(Cl)cc2Cl)c1COc1ccccc1. The van der Waals surface area contributed by atoms with E-state index in [1.807, 2.05) is 30.3 Å². The number of nitrogens with zero attached hydrogens (tertiary/aromatic N) is 1. The summed E-state index contributed by atoms with van der Waals surface area (Å²) in [6, 6.07) is 14.1. The number of anilines is 1. The fourth-order valence-electron chi connectivity index (χ4n) is 2.18. The molecule has 2 aromatic carbocycles. The molecule has 0 saturated carbocycles. The summed E-state index contributed by atoms with van der Waals surface area (Å²) < 4.78 is 10.8. The summed E-state index contributed by atoms with van der Waals surface area (Å²) in [5, 5.41) is 7.35. The Labute approximate surface area is 154 Å². The molecule has 7 heteroatoms. The lowest BCUT2D eigenvalue weighted by Crippen LogP contribution is -2.15. The lowest BCUT2D eigenvalue weighted by atomic mass is 10.2. The van der Waals surface area contributed by atoms with E-state index >= 15 is 0 Å². The van der Waals surface area contributed by atoms with Gasteiger partial charge in [0.15, 0.2) is 5.69 Å². The Morgan fingerprint density at radius 2 is 1.96 bits per heavy atom. The van der Waals surface area contributed by atoms with Gasteiger partial charge in [0, 0.05) is 5.02 Å². The van der Waals surface area contributed by atoms with Crippen molar-refractivity contribution in [1.29, 1.82) is 0 Å². The number of amides is 1. The first-order chi connectivity index (χ1) is 12.0. The van der Waals surface area contributed by atoms with Gasteiger partial charge in [0.05, 0.1) is 16.3 Å². The summed E-state index contributed by atoms with van der Waals surface area (Å²) in [6.07, 6.45) is 0. The van der Waals surface area contributed by atoms with Crippen molar-refractivity contribution >= 4 is 34.8 Å². The first kappa shape index (κ1) is 17.3. The Morgan fingerprint density at radius 1 is 1.20 bits per heavy atom. The average Bonchev–Trinajstić information content (AvgIpc) is 2.97. The molecular weight excluding hydrogens is 363 g/mol. The molecule has 0 atom stereocenters. The van der Waals surface area contributed by atoms with Gasteiger partial charge in [0.2, 0.25) is 0 Å². The summed E-state index contributed by atoms with van der Waals surface area (Å²) in [6.45, 7) is 1.89. The number of hydrogen-bond donors (Lipinski definition) is 1. The molecule has 0 aliphatic carbocycles. The number of nitrogens with one attached hydrogen (secondary N) is 1. The molecule has 0 bridgehead atoms. The number of benzene rings is 2. The summed E-state index contributed by atoms with van der Waals surface area (Å²) in [5.74, 6) is 0.770. The van der Waals surface area contributed by atoms with Crippen molar-refractivity contribution in [3.8, 4) is 5.75 Å². The fraction of sp³-hybridized carbons (Fsp3) is 0.111. The number of para-hydroxylation sites is 1. The van der Waals surface area contributed by atoms with Crippen molar-refractivity contribution in [3.05, 3.63) is 75.6 Å². The summed E-state index contributed by atoms with van der Waals surface area (Å²) in [5.41, 5.74) is 1.16. The molecule has 0 aliphatic rings. The molecule has 1 aromatic heterocycles. The number of ether oxygens (including phenoxy) is 1. The molecule has 128 valence electrons. The van der Waals surface area contributed by atoms with Gasteiger partial charge in [0.1, 0.15) is 18.1 Å². The second-order valence-electron chi connectivity index (χ2n) is 5.25. The zero-order chi connectivity index (χ0) is 17.8. The molecule has 0 unspecified atom stereocenters. The molecule has 25 heavy (non-hydrogen) atoms. The fourth-order valence-corrected chi connectivity index (χ4v) is 2.64. The zero-order valence-corrected chi connectivity index (χ0v) is 14.8. The summed E-state index contributed by atoms with van der Waals surface area (Å²) >= 11 is 11.9. The molecule has 1 heterocycles. The Hall–Kier alpha value is -2.50. The van der Waals surface area contributed by atoms with Crippen molar-refractivity contribution < 1.29 is 14.1 Å². The topological polar surface area (TPSA) is 64.4 Å². The van der Waals surface area contributed by atoms with E-state index in [-0.39, 0.29) is 12.3 Å². The number of aromatic nitrogens is 1. The number of rotatable bonds is 5. The highest BCUT2D eigenvalue weighted by Gasteiger charge is 2.21. The normalized spacial score (nSPS) is 10.5.